The normalized spacial score (nSPS) is 15.3. The van der Waals surface area contributed by atoms with Gasteiger partial charge in [-0.05, 0) is 18.3 Å². The molecule has 0 radical (unpaired) electrons. The third-order valence-corrected chi connectivity index (χ3v) is 2.81. The molecule has 2 atom stereocenters. The van der Waals surface area contributed by atoms with Gasteiger partial charge in [0.05, 0.1) is 0 Å². The molecular formula is C11H22O2. The Morgan fingerprint density at radius 3 is 2.38 bits per heavy atom. The third kappa shape index (κ3) is 5.67. The fourth-order valence-corrected chi connectivity index (χ4v) is 1.61. The molecule has 78 valence electrons. The molecule has 2 heteroatoms. The van der Waals surface area contributed by atoms with Crippen LogP contribution in [0, 0.1) is 11.8 Å². The van der Waals surface area contributed by atoms with E-state index in [1.807, 2.05) is 0 Å². The molecule has 0 aliphatic carbocycles. The third-order valence-electron chi connectivity index (χ3n) is 2.81. The smallest absolute Gasteiger partial charge is 0.303 e. The first kappa shape index (κ1) is 12.5. The Labute approximate surface area is 81.3 Å². The van der Waals surface area contributed by atoms with E-state index in [2.05, 4.69) is 20.8 Å². The maximum atomic E-state index is 10.6. The molecule has 0 aliphatic heterocycles. The van der Waals surface area contributed by atoms with Crippen molar-refractivity contribution in [3.8, 4) is 0 Å². The van der Waals surface area contributed by atoms with Crippen LogP contribution in [0.4, 0.5) is 0 Å². The first-order valence-corrected chi connectivity index (χ1v) is 5.33. The summed E-state index contributed by atoms with van der Waals surface area (Å²) in [7, 11) is 0. The van der Waals surface area contributed by atoms with E-state index in [0.717, 1.165) is 25.7 Å². The molecule has 0 fully saturated rings. The van der Waals surface area contributed by atoms with E-state index in [9.17, 15) is 4.79 Å². The number of carboxylic acid groups (broad SMARTS) is 1. The minimum atomic E-state index is -0.651. The van der Waals surface area contributed by atoms with Gasteiger partial charge in [-0.25, -0.2) is 0 Å². The lowest BCUT2D eigenvalue weighted by molar-refractivity contribution is -0.138. The predicted octanol–water partition coefficient (Wildman–Crippen LogP) is 3.31. The molecule has 0 spiro atoms. The quantitative estimate of drug-likeness (QED) is 0.662. The first-order chi connectivity index (χ1) is 6.11. The number of aliphatic carboxylic acids is 1. The monoisotopic (exact) mass is 186 g/mol. The van der Waals surface area contributed by atoms with Gasteiger partial charge in [0, 0.05) is 6.42 Å². The van der Waals surface area contributed by atoms with E-state index in [4.69, 9.17) is 5.11 Å². The average Bonchev–Trinajstić information content (AvgIpc) is 2.10. The van der Waals surface area contributed by atoms with Crippen molar-refractivity contribution in [3.05, 3.63) is 0 Å². The van der Waals surface area contributed by atoms with Crippen LogP contribution in [0.25, 0.3) is 0 Å². The molecular weight excluding hydrogens is 164 g/mol. The van der Waals surface area contributed by atoms with Crippen molar-refractivity contribution in [2.45, 2.75) is 52.9 Å². The lowest BCUT2D eigenvalue weighted by Crippen LogP contribution is -2.15. The minimum Gasteiger partial charge on any atom is -0.481 e. The first-order valence-electron chi connectivity index (χ1n) is 5.33. The molecule has 0 aliphatic rings. The van der Waals surface area contributed by atoms with Gasteiger partial charge in [-0.3, -0.25) is 4.79 Å². The molecule has 0 aromatic heterocycles. The van der Waals surface area contributed by atoms with Crippen LogP contribution in [0.2, 0.25) is 0 Å². The fraction of sp³-hybridized carbons (Fsp3) is 0.909. The summed E-state index contributed by atoms with van der Waals surface area (Å²) < 4.78 is 0. The SMILES string of the molecule is CCCC[C@H](CC(=O)O)C(C)CC. The van der Waals surface area contributed by atoms with Crippen molar-refractivity contribution in [2.75, 3.05) is 0 Å². The molecule has 1 unspecified atom stereocenters. The van der Waals surface area contributed by atoms with Crippen LogP contribution in [0.5, 0.6) is 0 Å². The highest BCUT2D eigenvalue weighted by Crippen LogP contribution is 2.24. The topological polar surface area (TPSA) is 37.3 Å². The molecule has 0 rings (SSSR count). The van der Waals surface area contributed by atoms with E-state index >= 15 is 0 Å². The van der Waals surface area contributed by atoms with Crippen LogP contribution < -0.4 is 0 Å². The van der Waals surface area contributed by atoms with E-state index in [1.54, 1.807) is 0 Å². The number of hydrogen-bond acceptors (Lipinski definition) is 1. The van der Waals surface area contributed by atoms with Crippen LogP contribution in [-0.2, 0) is 4.79 Å². The van der Waals surface area contributed by atoms with Gasteiger partial charge in [0.15, 0.2) is 0 Å². The summed E-state index contributed by atoms with van der Waals surface area (Å²) in [5, 5.41) is 8.73. The summed E-state index contributed by atoms with van der Waals surface area (Å²) in [6.45, 7) is 6.43. The Morgan fingerprint density at radius 2 is 2.00 bits per heavy atom. The maximum absolute atomic E-state index is 10.6. The highest BCUT2D eigenvalue weighted by molar-refractivity contribution is 5.67. The molecule has 1 N–H and O–H groups in total. The molecule has 0 saturated carbocycles. The summed E-state index contributed by atoms with van der Waals surface area (Å²) >= 11 is 0. The molecule has 0 aromatic rings. The van der Waals surface area contributed by atoms with E-state index < -0.39 is 5.97 Å². The average molecular weight is 186 g/mol. The second-order valence-electron chi connectivity index (χ2n) is 3.89. The van der Waals surface area contributed by atoms with Gasteiger partial charge in [-0.15, -0.1) is 0 Å². The Hall–Kier alpha value is -0.530. The van der Waals surface area contributed by atoms with Gasteiger partial charge >= 0.3 is 5.97 Å². The van der Waals surface area contributed by atoms with Crippen LogP contribution in [0.1, 0.15) is 52.9 Å². The maximum Gasteiger partial charge on any atom is 0.303 e. The molecule has 0 bridgehead atoms. The van der Waals surface area contributed by atoms with Crippen LogP contribution in [0.15, 0.2) is 0 Å². The van der Waals surface area contributed by atoms with E-state index in [-0.39, 0.29) is 0 Å². The Balaban J connectivity index is 3.94. The molecule has 0 heterocycles. The van der Waals surface area contributed by atoms with Gasteiger partial charge in [0.2, 0.25) is 0 Å². The largest absolute Gasteiger partial charge is 0.481 e. The highest BCUT2D eigenvalue weighted by atomic mass is 16.4. The van der Waals surface area contributed by atoms with E-state index in [1.165, 1.54) is 0 Å². The summed E-state index contributed by atoms with van der Waals surface area (Å²) in [6, 6.07) is 0. The molecule has 2 nitrogen and oxygen atoms in total. The van der Waals surface area contributed by atoms with Crippen molar-refractivity contribution in [1.29, 1.82) is 0 Å². The van der Waals surface area contributed by atoms with Gasteiger partial charge in [-0.1, -0.05) is 40.0 Å². The zero-order chi connectivity index (χ0) is 10.3. The van der Waals surface area contributed by atoms with Gasteiger partial charge in [0.25, 0.3) is 0 Å². The van der Waals surface area contributed by atoms with Gasteiger partial charge in [-0.2, -0.15) is 0 Å². The standard InChI is InChI=1S/C11H22O2/c1-4-6-7-10(8-11(12)13)9(3)5-2/h9-10H,4-8H2,1-3H3,(H,12,13)/t9?,10-/m1/s1. The van der Waals surface area contributed by atoms with Gasteiger partial charge < -0.3 is 5.11 Å². The van der Waals surface area contributed by atoms with Crippen LogP contribution >= 0.6 is 0 Å². The van der Waals surface area contributed by atoms with Crippen molar-refractivity contribution in [3.63, 3.8) is 0 Å². The van der Waals surface area contributed by atoms with Crippen molar-refractivity contribution in [1.82, 2.24) is 0 Å². The fourth-order valence-electron chi connectivity index (χ4n) is 1.61. The molecule has 0 aromatic carbocycles. The number of rotatable bonds is 7. The summed E-state index contributed by atoms with van der Waals surface area (Å²) in [4.78, 5) is 10.6. The Morgan fingerprint density at radius 1 is 1.38 bits per heavy atom. The number of hydrogen-bond donors (Lipinski definition) is 1. The molecule has 0 amide bonds. The summed E-state index contributed by atoms with van der Waals surface area (Å²) in [5.41, 5.74) is 0. The van der Waals surface area contributed by atoms with Crippen molar-refractivity contribution in [2.24, 2.45) is 11.8 Å². The van der Waals surface area contributed by atoms with Gasteiger partial charge in [0.1, 0.15) is 0 Å². The molecule has 0 saturated heterocycles. The molecule has 13 heavy (non-hydrogen) atoms. The minimum absolute atomic E-state index is 0.342. The van der Waals surface area contributed by atoms with Crippen LogP contribution in [-0.4, -0.2) is 11.1 Å². The summed E-state index contributed by atoms with van der Waals surface area (Å²) in [6.07, 6.45) is 4.81. The lowest BCUT2D eigenvalue weighted by atomic mass is 9.85. The lowest BCUT2D eigenvalue weighted by Gasteiger charge is -2.20. The second kappa shape index (κ2) is 6.93. The second-order valence-corrected chi connectivity index (χ2v) is 3.89. The predicted molar refractivity (Wildman–Crippen MR) is 54.7 cm³/mol. The van der Waals surface area contributed by atoms with Crippen LogP contribution in [0.3, 0.4) is 0 Å². The van der Waals surface area contributed by atoms with E-state index in [0.29, 0.717) is 18.3 Å². The zero-order valence-corrected chi connectivity index (χ0v) is 9.05. The highest BCUT2D eigenvalue weighted by Gasteiger charge is 2.18. The Bertz CT molecular complexity index is 143. The summed E-state index contributed by atoms with van der Waals surface area (Å²) in [5.74, 6) is 0.270. The van der Waals surface area contributed by atoms with Crippen molar-refractivity contribution < 1.29 is 9.90 Å². The zero-order valence-electron chi connectivity index (χ0n) is 9.05. The number of carboxylic acids is 1. The van der Waals surface area contributed by atoms with Crippen molar-refractivity contribution >= 4 is 5.97 Å². The number of carbonyl (C=O) groups is 1. The Kier molecular flexibility index (Phi) is 6.65. The number of unbranched alkanes of at least 4 members (excludes halogenated alkanes) is 1.